The molecule has 8 fully saturated rings. The molecule has 4 unspecified atom stereocenters. The summed E-state index contributed by atoms with van der Waals surface area (Å²) in [6, 6.07) is 20.3. The van der Waals surface area contributed by atoms with Crippen LogP contribution in [0.1, 0.15) is 146 Å². The summed E-state index contributed by atoms with van der Waals surface area (Å²) in [5.74, 6) is 2.55. The molecular formula is C54H60O8. The predicted octanol–water partition coefficient (Wildman–Crippen LogP) is 9.99. The topological polar surface area (TPSA) is 134 Å². The first kappa shape index (κ1) is 39.8. The highest BCUT2D eigenvalue weighted by Crippen LogP contribution is 2.68. The maximum atomic E-state index is 12.8. The van der Waals surface area contributed by atoms with Gasteiger partial charge < -0.3 is 29.9 Å². The van der Waals surface area contributed by atoms with Crippen LogP contribution in [-0.2, 0) is 55.6 Å². The molecule has 0 aliphatic heterocycles. The minimum Gasteiger partial charge on any atom is -0.507 e. The second-order valence-corrected chi connectivity index (χ2v) is 21.8. The van der Waals surface area contributed by atoms with Crippen LogP contribution in [0.5, 0.6) is 23.0 Å². The summed E-state index contributed by atoms with van der Waals surface area (Å²) < 4.78 is 10.5. The number of carbonyl (C=O) groups is 2. The fourth-order valence-electron chi connectivity index (χ4n) is 16.1. The lowest BCUT2D eigenvalue weighted by Gasteiger charge is -2.62. The third-order valence-corrected chi connectivity index (χ3v) is 17.5. The normalized spacial score (nSPS) is 32.4. The van der Waals surface area contributed by atoms with Crippen molar-refractivity contribution in [2.45, 2.75) is 126 Å². The Morgan fingerprint density at radius 3 is 1.06 bits per heavy atom. The number of rotatable bonds is 6. The number of ether oxygens (including phenoxy) is 2. The Balaban J connectivity index is 1.03. The number of benzene rings is 4. The van der Waals surface area contributed by atoms with E-state index in [2.05, 4.69) is 24.3 Å². The van der Waals surface area contributed by atoms with Gasteiger partial charge in [0.1, 0.15) is 23.0 Å². The van der Waals surface area contributed by atoms with Gasteiger partial charge in [0.15, 0.2) is 0 Å². The predicted molar refractivity (Wildman–Crippen MR) is 235 cm³/mol. The second-order valence-electron chi connectivity index (χ2n) is 21.8. The molecule has 8 atom stereocenters. The van der Waals surface area contributed by atoms with Gasteiger partial charge in [-0.15, -0.1) is 0 Å². The van der Waals surface area contributed by atoms with Crippen molar-refractivity contribution in [2.24, 2.45) is 34.5 Å². The number of esters is 2. The van der Waals surface area contributed by atoms with Crippen molar-refractivity contribution in [3.63, 3.8) is 0 Å². The number of fused-ring (bicyclic) bond motifs is 8. The number of aromatic hydroxyl groups is 4. The van der Waals surface area contributed by atoms with E-state index < -0.39 is 0 Å². The number of phenolic OH excluding ortho intramolecular Hbond substituents is 4. The summed E-state index contributed by atoms with van der Waals surface area (Å²) in [4.78, 5) is 25.7. The summed E-state index contributed by atoms with van der Waals surface area (Å²) in [6.45, 7) is 0. The molecule has 4 aromatic rings. The number of hydrogen-bond acceptors (Lipinski definition) is 8. The Hall–Kier alpha value is -4.98. The molecule has 0 aromatic heterocycles. The van der Waals surface area contributed by atoms with E-state index in [9.17, 15) is 30.0 Å². The highest BCUT2D eigenvalue weighted by atomic mass is 16.5. The van der Waals surface area contributed by atoms with Gasteiger partial charge in [0.05, 0.1) is 27.1 Å². The molecule has 62 heavy (non-hydrogen) atoms. The number of carbonyl (C=O) groups excluding carboxylic acids is 2. The third kappa shape index (κ3) is 6.51. The minimum absolute atomic E-state index is 0.0934. The van der Waals surface area contributed by atoms with Gasteiger partial charge in [-0.05, 0) is 178 Å². The molecule has 9 aliphatic rings. The molecule has 0 heterocycles. The molecule has 8 heteroatoms. The molecule has 8 saturated carbocycles. The van der Waals surface area contributed by atoms with E-state index in [1.54, 1.807) is 0 Å². The largest absolute Gasteiger partial charge is 0.507 e. The average molecular weight is 837 g/mol. The van der Waals surface area contributed by atoms with Gasteiger partial charge in [-0.1, -0.05) is 60.7 Å². The van der Waals surface area contributed by atoms with Gasteiger partial charge in [0.25, 0.3) is 0 Å². The van der Waals surface area contributed by atoms with Crippen LogP contribution in [0, 0.1) is 34.5 Å². The van der Waals surface area contributed by atoms with Gasteiger partial charge >= 0.3 is 11.9 Å². The van der Waals surface area contributed by atoms with E-state index in [-0.39, 0.29) is 56.6 Å². The first-order valence-electron chi connectivity index (χ1n) is 23.2. The molecule has 0 saturated heterocycles. The van der Waals surface area contributed by atoms with Gasteiger partial charge in [0, 0.05) is 25.7 Å². The smallest absolute Gasteiger partial charge is 0.306 e. The maximum absolute atomic E-state index is 12.8. The summed E-state index contributed by atoms with van der Waals surface area (Å²) in [7, 11) is 2.97. The lowest BCUT2D eigenvalue weighted by atomic mass is 9.42. The highest BCUT2D eigenvalue weighted by Gasteiger charge is 2.60. The molecule has 0 spiro atoms. The van der Waals surface area contributed by atoms with Crippen molar-refractivity contribution in [3.8, 4) is 23.0 Å². The third-order valence-electron chi connectivity index (χ3n) is 17.5. The minimum atomic E-state index is -0.141. The van der Waals surface area contributed by atoms with E-state index in [1.165, 1.54) is 38.2 Å². The molecule has 9 aliphatic carbocycles. The van der Waals surface area contributed by atoms with Gasteiger partial charge in [0.2, 0.25) is 0 Å². The van der Waals surface area contributed by atoms with Gasteiger partial charge in [-0.3, -0.25) is 9.59 Å². The summed E-state index contributed by atoms with van der Waals surface area (Å²) in [5.41, 5.74) is 7.64. The lowest BCUT2D eigenvalue weighted by Crippen LogP contribution is -2.54. The number of hydrogen-bond donors (Lipinski definition) is 4. The molecule has 13 rings (SSSR count). The van der Waals surface area contributed by atoms with Crippen molar-refractivity contribution < 1.29 is 39.5 Å². The number of para-hydroxylation sites is 2. The second kappa shape index (κ2) is 14.3. The first-order chi connectivity index (χ1) is 29.8. The summed E-state index contributed by atoms with van der Waals surface area (Å²) >= 11 is 0. The van der Waals surface area contributed by atoms with Crippen LogP contribution < -0.4 is 0 Å². The summed E-state index contributed by atoms with van der Waals surface area (Å²) in [6.07, 6.45) is 14.7. The van der Waals surface area contributed by atoms with Crippen LogP contribution in [0.4, 0.5) is 0 Å². The summed E-state index contributed by atoms with van der Waals surface area (Å²) in [5, 5.41) is 48.7. The number of phenols is 4. The molecule has 324 valence electrons. The van der Waals surface area contributed by atoms with Crippen LogP contribution in [0.2, 0.25) is 0 Å². The van der Waals surface area contributed by atoms with Crippen molar-refractivity contribution in [3.05, 3.63) is 116 Å². The first-order valence-corrected chi connectivity index (χ1v) is 23.2. The Morgan fingerprint density at radius 1 is 0.484 bits per heavy atom. The Kier molecular flexibility index (Phi) is 9.17. The van der Waals surface area contributed by atoms with Crippen molar-refractivity contribution in [1.29, 1.82) is 0 Å². The average Bonchev–Trinajstić information content (AvgIpc) is 3.21. The molecule has 4 aromatic carbocycles. The monoisotopic (exact) mass is 836 g/mol. The fraction of sp³-hybridized carbons (Fsp3) is 0.519. The Bertz CT molecular complexity index is 2220. The zero-order chi connectivity index (χ0) is 42.8. The van der Waals surface area contributed by atoms with Crippen LogP contribution in [0.3, 0.4) is 0 Å². The fourth-order valence-corrected chi connectivity index (χ4v) is 16.1. The van der Waals surface area contributed by atoms with Crippen LogP contribution in [0.25, 0.3) is 0 Å². The molecule has 0 radical (unpaired) electrons. The number of methoxy groups -OCH3 is 2. The van der Waals surface area contributed by atoms with Gasteiger partial charge in [-0.25, -0.2) is 0 Å². The van der Waals surface area contributed by atoms with E-state index >= 15 is 0 Å². The molecular weight excluding hydrogens is 777 g/mol. The van der Waals surface area contributed by atoms with E-state index in [0.717, 1.165) is 86.5 Å². The zero-order valence-corrected chi connectivity index (χ0v) is 36.2. The van der Waals surface area contributed by atoms with Crippen LogP contribution in [0.15, 0.2) is 60.7 Å². The SMILES string of the molecule is COC(=O)CC12C[C@H]3C[C@@H](C1)CC(c1cc4c(O)c(c1)Cc1cccc(c1O)Cc1cc(C56C[C@@H]7C[C@@H](CC(CC(=O)OC)(C7)C5)C6)cc(c1O)Cc1cccc(c1O)C4)(C3)C2. The molecule has 4 N–H and O–H groups in total. The molecule has 8 nitrogen and oxygen atoms in total. The van der Waals surface area contributed by atoms with Crippen molar-refractivity contribution >= 4 is 11.9 Å². The van der Waals surface area contributed by atoms with Crippen LogP contribution >= 0.6 is 0 Å². The maximum Gasteiger partial charge on any atom is 0.306 e. The highest BCUT2D eigenvalue weighted by molar-refractivity contribution is 5.71. The molecule has 0 amide bonds. The van der Waals surface area contributed by atoms with Crippen molar-refractivity contribution in [1.82, 2.24) is 0 Å². The van der Waals surface area contributed by atoms with E-state index in [0.29, 0.717) is 84.5 Å². The van der Waals surface area contributed by atoms with E-state index in [1.807, 2.05) is 36.4 Å². The standard InChI is InChI=1S/C54H60O8/c1-61-45(55)27-51-19-31-9-32(20-51)24-53(23-31,29-51)43-15-39-11-35-5-3-7-37(47(35)57)13-41-17-44(54-25-33-10-34(26-54)22-52(21-33,30-54)28-46(56)62-2)18-42(50(41)60)14-38-8-4-6-36(48(38)58)12-40(16-43)49(39)59/h3-8,15-18,31-34,57-60H,9-14,19-30H2,1-2H3/t31-,32+,33-,34+,51?,52?,53?,54?. The van der Waals surface area contributed by atoms with Gasteiger partial charge in [-0.2, -0.15) is 0 Å². The molecule has 16 bridgehead atoms. The zero-order valence-electron chi connectivity index (χ0n) is 36.2. The van der Waals surface area contributed by atoms with E-state index in [4.69, 9.17) is 9.47 Å². The van der Waals surface area contributed by atoms with Crippen molar-refractivity contribution in [2.75, 3.05) is 14.2 Å². The lowest BCUT2D eigenvalue weighted by molar-refractivity contribution is -0.151. The van der Waals surface area contributed by atoms with Crippen LogP contribution in [-0.4, -0.2) is 46.6 Å². The Labute approximate surface area is 364 Å². The quantitative estimate of drug-likeness (QED) is 0.124. The Morgan fingerprint density at radius 2 is 0.774 bits per heavy atom.